The van der Waals surface area contributed by atoms with E-state index in [1.807, 2.05) is 0 Å². The average molecular weight is 312 g/mol. The summed E-state index contributed by atoms with van der Waals surface area (Å²) in [7, 11) is 0. The van der Waals surface area contributed by atoms with Crippen molar-refractivity contribution in [1.29, 1.82) is 0 Å². The largest absolute Gasteiger partial charge is 0.386 e. The first-order chi connectivity index (χ1) is 10.9. The summed E-state index contributed by atoms with van der Waals surface area (Å²) in [4.78, 5) is 45.6. The number of primary amides is 2. The van der Waals surface area contributed by atoms with Gasteiger partial charge in [0.15, 0.2) is 0 Å². The Kier molecular flexibility index (Phi) is 4.51. The quantitative estimate of drug-likeness (QED) is 0.639. The maximum Gasteiger partial charge on any atom is 0.346 e. The second kappa shape index (κ2) is 6.52. The standard InChI is InChI=1S/C16H12N2O5/c17-13(19)9-1-5-11(6-2-9)15(21)23-16(22)12-7-3-10(4-8-12)14(18)20/h1-8H,(H2,17,19)(H2,18,20). The van der Waals surface area contributed by atoms with Crippen LogP contribution in [0.25, 0.3) is 0 Å². The molecule has 0 aromatic heterocycles. The lowest BCUT2D eigenvalue weighted by Gasteiger charge is -2.04. The highest BCUT2D eigenvalue weighted by Crippen LogP contribution is 2.09. The van der Waals surface area contributed by atoms with Crippen LogP contribution in [0.3, 0.4) is 0 Å². The smallest absolute Gasteiger partial charge is 0.346 e. The molecular formula is C16H12N2O5. The Morgan fingerprint density at radius 1 is 0.565 bits per heavy atom. The van der Waals surface area contributed by atoms with Crippen molar-refractivity contribution in [3.8, 4) is 0 Å². The molecule has 0 bridgehead atoms. The summed E-state index contributed by atoms with van der Waals surface area (Å²) in [5.74, 6) is -3.00. The Bertz CT molecular complexity index is 712. The van der Waals surface area contributed by atoms with Crippen molar-refractivity contribution in [2.45, 2.75) is 0 Å². The minimum atomic E-state index is -0.870. The first kappa shape index (κ1) is 15.9. The number of ether oxygens (including phenoxy) is 1. The van der Waals surface area contributed by atoms with Crippen LogP contribution in [0.4, 0.5) is 0 Å². The second-order valence-electron chi connectivity index (χ2n) is 4.56. The predicted octanol–water partition coefficient (Wildman–Crippen LogP) is 0.882. The number of amides is 2. The van der Waals surface area contributed by atoms with Gasteiger partial charge in [0, 0.05) is 11.1 Å². The fourth-order valence-corrected chi connectivity index (χ4v) is 1.74. The van der Waals surface area contributed by atoms with Crippen LogP contribution in [0.1, 0.15) is 41.4 Å². The lowest BCUT2D eigenvalue weighted by molar-refractivity contribution is 0.0397. The number of carbonyl (C=O) groups is 4. The summed E-state index contributed by atoms with van der Waals surface area (Å²) < 4.78 is 4.71. The molecule has 7 heteroatoms. The molecule has 0 aliphatic heterocycles. The van der Waals surface area contributed by atoms with Gasteiger partial charge in [-0.2, -0.15) is 0 Å². The van der Waals surface area contributed by atoms with E-state index in [9.17, 15) is 19.2 Å². The zero-order chi connectivity index (χ0) is 17.0. The van der Waals surface area contributed by atoms with E-state index in [-0.39, 0.29) is 22.3 Å². The van der Waals surface area contributed by atoms with E-state index in [4.69, 9.17) is 16.2 Å². The van der Waals surface area contributed by atoms with E-state index in [1.165, 1.54) is 48.5 Å². The summed E-state index contributed by atoms with van der Waals surface area (Å²) in [6.45, 7) is 0. The third-order valence-corrected chi connectivity index (χ3v) is 3.00. The number of hydrogen-bond donors (Lipinski definition) is 2. The third kappa shape index (κ3) is 3.79. The Balaban J connectivity index is 2.08. The van der Waals surface area contributed by atoms with Crippen molar-refractivity contribution in [3.63, 3.8) is 0 Å². The molecule has 2 aromatic carbocycles. The van der Waals surface area contributed by atoms with Crippen LogP contribution in [0.2, 0.25) is 0 Å². The van der Waals surface area contributed by atoms with Crippen molar-refractivity contribution >= 4 is 23.8 Å². The molecular weight excluding hydrogens is 300 g/mol. The fraction of sp³-hybridized carbons (Fsp3) is 0. The zero-order valence-electron chi connectivity index (χ0n) is 11.8. The lowest BCUT2D eigenvalue weighted by atomic mass is 10.1. The number of esters is 2. The summed E-state index contributed by atoms with van der Waals surface area (Å²) in [6.07, 6.45) is 0. The molecule has 0 aliphatic rings. The van der Waals surface area contributed by atoms with Crippen LogP contribution in [-0.2, 0) is 4.74 Å². The Morgan fingerprint density at radius 3 is 1.09 bits per heavy atom. The van der Waals surface area contributed by atoms with Gasteiger partial charge in [-0.05, 0) is 48.5 Å². The molecule has 23 heavy (non-hydrogen) atoms. The molecule has 2 rings (SSSR count). The molecule has 0 spiro atoms. The fourth-order valence-electron chi connectivity index (χ4n) is 1.74. The molecule has 0 fully saturated rings. The van der Waals surface area contributed by atoms with E-state index in [0.29, 0.717) is 0 Å². The van der Waals surface area contributed by atoms with Gasteiger partial charge in [0.2, 0.25) is 11.8 Å². The summed E-state index contributed by atoms with van der Waals surface area (Å²) in [6, 6.07) is 10.7. The van der Waals surface area contributed by atoms with Crippen LogP contribution < -0.4 is 11.5 Å². The van der Waals surface area contributed by atoms with Gasteiger partial charge in [0.1, 0.15) is 0 Å². The van der Waals surface area contributed by atoms with Gasteiger partial charge in [-0.3, -0.25) is 9.59 Å². The van der Waals surface area contributed by atoms with Gasteiger partial charge in [0.05, 0.1) is 11.1 Å². The molecule has 7 nitrogen and oxygen atoms in total. The number of rotatable bonds is 4. The normalized spacial score (nSPS) is 9.91. The highest BCUT2D eigenvalue weighted by Gasteiger charge is 2.15. The van der Waals surface area contributed by atoms with Gasteiger partial charge >= 0.3 is 11.9 Å². The highest BCUT2D eigenvalue weighted by molar-refractivity contribution is 6.03. The van der Waals surface area contributed by atoms with Crippen LogP contribution >= 0.6 is 0 Å². The monoisotopic (exact) mass is 312 g/mol. The maximum atomic E-state index is 11.9. The summed E-state index contributed by atoms with van der Waals surface area (Å²) in [5.41, 5.74) is 10.8. The molecule has 4 N–H and O–H groups in total. The summed E-state index contributed by atoms with van der Waals surface area (Å²) >= 11 is 0. The summed E-state index contributed by atoms with van der Waals surface area (Å²) in [5, 5.41) is 0. The third-order valence-electron chi connectivity index (χ3n) is 3.00. The van der Waals surface area contributed by atoms with E-state index >= 15 is 0 Å². The number of benzene rings is 2. The zero-order valence-corrected chi connectivity index (χ0v) is 11.8. The molecule has 0 unspecified atom stereocenters. The average Bonchev–Trinajstić information content (AvgIpc) is 2.54. The predicted molar refractivity (Wildman–Crippen MR) is 79.7 cm³/mol. The first-order valence-corrected chi connectivity index (χ1v) is 6.44. The van der Waals surface area contributed by atoms with Crippen LogP contribution in [0.5, 0.6) is 0 Å². The molecule has 2 amide bonds. The number of hydrogen-bond acceptors (Lipinski definition) is 5. The van der Waals surface area contributed by atoms with E-state index in [1.54, 1.807) is 0 Å². The molecule has 0 heterocycles. The lowest BCUT2D eigenvalue weighted by Crippen LogP contribution is -2.15. The van der Waals surface area contributed by atoms with Gasteiger partial charge in [0.25, 0.3) is 0 Å². The van der Waals surface area contributed by atoms with Crippen LogP contribution in [0.15, 0.2) is 48.5 Å². The minimum Gasteiger partial charge on any atom is -0.386 e. The molecule has 116 valence electrons. The maximum absolute atomic E-state index is 11.9. The van der Waals surface area contributed by atoms with E-state index in [2.05, 4.69) is 0 Å². The molecule has 0 radical (unpaired) electrons. The molecule has 0 atom stereocenters. The van der Waals surface area contributed by atoms with E-state index in [0.717, 1.165) is 0 Å². The van der Waals surface area contributed by atoms with Gasteiger partial charge in [-0.1, -0.05) is 0 Å². The Labute approximate surface area is 130 Å². The highest BCUT2D eigenvalue weighted by atomic mass is 16.6. The van der Waals surface area contributed by atoms with E-state index < -0.39 is 23.8 Å². The van der Waals surface area contributed by atoms with Gasteiger partial charge < -0.3 is 16.2 Å². The van der Waals surface area contributed by atoms with Crippen molar-refractivity contribution in [2.75, 3.05) is 0 Å². The van der Waals surface area contributed by atoms with Crippen LogP contribution in [-0.4, -0.2) is 23.8 Å². The van der Waals surface area contributed by atoms with Crippen molar-refractivity contribution in [3.05, 3.63) is 70.8 Å². The van der Waals surface area contributed by atoms with Crippen LogP contribution in [0, 0.1) is 0 Å². The van der Waals surface area contributed by atoms with Crippen molar-refractivity contribution in [2.24, 2.45) is 11.5 Å². The number of nitrogens with two attached hydrogens (primary N) is 2. The topological polar surface area (TPSA) is 130 Å². The number of carbonyl (C=O) groups excluding carboxylic acids is 4. The van der Waals surface area contributed by atoms with Crippen molar-refractivity contribution < 1.29 is 23.9 Å². The molecule has 0 aliphatic carbocycles. The second-order valence-corrected chi connectivity index (χ2v) is 4.56. The molecule has 0 saturated carbocycles. The van der Waals surface area contributed by atoms with Gasteiger partial charge in [-0.25, -0.2) is 9.59 Å². The minimum absolute atomic E-state index is 0.0945. The molecule has 2 aromatic rings. The SMILES string of the molecule is NC(=O)c1ccc(C(=O)OC(=O)c2ccc(C(N)=O)cc2)cc1. The Morgan fingerprint density at radius 2 is 0.826 bits per heavy atom. The Hall–Kier alpha value is -3.48. The first-order valence-electron chi connectivity index (χ1n) is 6.44. The van der Waals surface area contributed by atoms with Crippen molar-refractivity contribution in [1.82, 2.24) is 0 Å². The van der Waals surface area contributed by atoms with Gasteiger partial charge in [-0.15, -0.1) is 0 Å². The molecule has 0 saturated heterocycles.